The molecule has 0 aliphatic rings. The number of thioether (sulfide) groups is 1. The van der Waals surface area contributed by atoms with E-state index in [-0.39, 0.29) is 18.6 Å². The van der Waals surface area contributed by atoms with Gasteiger partial charge in [-0.05, 0) is 37.4 Å². The van der Waals surface area contributed by atoms with E-state index in [2.05, 4.69) is 5.32 Å². The highest BCUT2D eigenvalue weighted by Crippen LogP contribution is 2.27. The van der Waals surface area contributed by atoms with Crippen LogP contribution in [0.15, 0.2) is 83.8 Å². The van der Waals surface area contributed by atoms with Crippen molar-refractivity contribution in [2.24, 2.45) is 0 Å². The molecule has 0 saturated heterocycles. The summed E-state index contributed by atoms with van der Waals surface area (Å²) in [7, 11) is 0. The van der Waals surface area contributed by atoms with Crippen molar-refractivity contribution in [3.05, 3.63) is 90.0 Å². The molecule has 7 heteroatoms. The summed E-state index contributed by atoms with van der Waals surface area (Å²) >= 11 is 1.59. The Morgan fingerprint density at radius 2 is 1.56 bits per heavy atom. The summed E-state index contributed by atoms with van der Waals surface area (Å²) in [4.78, 5) is 39.2. The van der Waals surface area contributed by atoms with Gasteiger partial charge in [-0.15, -0.1) is 11.8 Å². The van der Waals surface area contributed by atoms with Crippen LogP contribution in [0.5, 0.6) is 5.75 Å². The smallest absolute Gasteiger partial charge is 0.307 e. The molecule has 3 aromatic carbocycles. The Labute approximate surface area is 203 Å². The fourth-order valence-corrected chi connectivity index (χ4v) is 3.69. The lowest BCUT2D eigenvalue weighted by atomic mass is 10.1. The third-order valence-electron chi connectivity index (χ3n) is 5.00. The number of para-hydroxylation sites is 2. The number of carbonyl (C=O) groups is 3. The minimum Gasteiger partial charge on any atom is -0.492 e. The van der Waals surface area contributed by atoms with E-state index in [0.29, 0.717) is 29.2 Å². The fourth-order valence-electron chi connectivity index (χ4n) is 3.28. The molecule has 1 N–H and O–H groups in total. The largest absolute Gasteiger partial charge is 0.492 e. The Morgan fingerprint density at radius 3 is 2.24 bits per heavy atom. The number of ketones is 1. The number of rotatable bonds is 11. The van der Waals surface area contributed by atoms with Gasteiger partial charge >= 0.3 is 5.97 Å². The van der Waals surface area contributed by atoms with Gasteiger partial charge in [-0.3, -0.25) is 14.4 Å². The number of carbonyl (C=O) groups excluding carboxylic acids is 3. The molecule has 3 aromatic rings. The van der Waals surface area contributed by atoms with Crippen molar-refractivity contribution in [1.29, 1.82) is 0 Å². The summed E-state index contributed by atoms with van der Waals surface area (Å²) < 4.78 is 11.1. The quantitative estimate of drug-likeness (QED) is 0.217. The first kappa shape index (κ1) is 25.1. The normalized spacial score (nSPS) is 11.4. The average Bonchev–Trinajstić information content (AvgIpc) is 2.87. The van der Waals surface area contributed by atoms with Gasteiger partial charge in [-0.25, -0.2) is 0 Å². The van der Waals surface area contributed by atoms with Gasteiger partial charge in [0.2, 0.25) is 6.10 Å². The van der Waals surface area contributed by atoms with Crippen LogP contribution < -0.4 is 10.1 Å². The van der Waals surface area contributed by atoms with Crippen LogP contribution in [0, 0.1) is 0 Å². The molecular weight excluding hydrogens is 450 g/mol. The van der Waals surface area contributed by atoms with E-state index in [4.69, 9.17) is 9.47 Å². The molecule has 0 saturated carbocycles. The number of hydrogen-bond acceptors (Lipinski definition) is 6. The summed E-state index contributed by atoms with van der Waals surface area (Å²) in [6.45, 7) is 2.30. The summed E-state index contributed by atoms with van der Waals surface area (Å²) in [5, 5.41) is 2.79. The predicted molar refractivity (Wildman–Crippen MR) is 133 cm³/mol. The standard InChI is InChI=1S/C27H27NO5S/c1-3-32-24-12-8-7-11-22(24)28-27(31)26(20-9-5-4-6-10-20)33-25(30)18-17-23(29)19-13-15-21(34-2)16-14-19/h4-16,26H,3,17-18H2,1-2H3,(H,28,31). The van der Waals surface area contributed by atoms with Crippen molar-refractivity contribution in [2.45, 2.75) is 30.8 Å². The van der Waals surface area contributed by atoms with E-state index < -0.39 is 18.0 Å². The zero-order chi connectivity index (χ0) is 24.3. The van der Waals surface area contributed by atoms with Gasteiger partial charge < -0.3 is 14.8 Å². The van der Waals surface area contributed by atoms with Crippen LogP contribution >= 0.6 is 11.8 Å². The van der Waals surface area contributed by atoms with Gasteiger partial charge in [0.15, 0.2) is 5.78 Å². The third kappa shape index (κ3) is 6.96. The molecule has 0 radical (unpaired) electrons. The molecule has 176 valence electrons. The second-order valence-corrected chi connectivity index (χ2v) is 8.23. The first-order valence-corrected chi connectivity index (χ1v) is 12.2. The van der Waals surface area contributed by atoms with Gasteiger partial charge in [0, 0.05) is 22.4 Å². The molecule has 0 spiro atoms. The molecule has 0 heterocycles. The van der Waals surface area contributed by atoms with E-state index in [0.717, 1.165) is 4.90 Å². The van der Waals surface area contributed by atoms with Crippen molar-refractivity contribution >= 4 is 35.1 Å². The Kier molecular flexibility index (Phi) is 9.29. The van der Waals surface area contributed by atoms with Crippen LogP contribution in [0.4, 0.5) is 5.69 Å². The first-order chi connectivity index (χ1) is 16.5. The van der Waals surface area contributed by atoms with Crippen molar-refractivity contribution in [3.8, 4) is 5.75 Å². The van der Waals surface area contributed by atoms with Gasteiger partial charge in [0.05, 0.1) is 18.7 Å². The van der Waals surface area contributed by atoms with E-state index in [1.54, 1.807) is 72.4 Å². The molecule has 34 heavy (non-hydrogen) atoms. The predicted octanol–water partition coefficient (Wildman–Crippen LogP) is 5.69. The summed E-state index contributed by atoms with van der Waals surface area (Å²) in [6.07, 6.45) is 0.657. The Bertz CT molecular complexity index is 1120. The molecule has 6 nitrogen and oxygen atoms in total. The number of ether oxygens (including phenoxy) is 2. The van der Waals surface area contributed by atoms with Crippen LogP contribution in [-0.4, -0.2) is 30.5 Å². The van der Waals surface area contributed by atoms with Crippen LogP contribution in [0.3, 0.4) is 0 Å². The highest BCUT2D eigenvalue weighted by atomic mass is 32.2. The Morgan fingerprint density at radius 1 is 0.882 bits per heavy atom. The minimum absolute atomic E-state index is 0.00620. The maximum absolute atomic E-state index is 13.1. The Balaban J connectivity index is 1.68. The van der Waals surface area contributed by atoms with Gasteiger partial charge in [0.25, 0.3) is 5.91 Å². The minimum atomic E-state index is -1.17. The molecule has 0 aromatic heterocycles. The highest BCUT2D eigenvalue weighted by molar-refractivity contribution is 7.98. The molecule has 1 unspecified atom stereocenters. The van der Waals surface area contributed by atoms with Crippen molar-refractivity contribution in [1.82, 2.24) is 0 Å². The number of Topliss-reactive ketones (excluding diaryl/α,β-unsaturated/α-hetero) is 1. The first-order valence-electron chi connectivity index (χ1n) is 11.0. The second-order valence-electron chi connectivity index (χ2n) is 7.35. The molecule has 1 atom stereocenters. The molecule has 1 amide bonds. The maximum Gasteiger partial charge on any atom is 0.307 e. The third-order valence-corrected chi connectivity index (χ3v) is 5.75. The number of hydrogen-bond donors (Lipinski definition) is 1. The van der Waals surface area contributed by atoms with E-state index in [9.17, 15) is 14.4 Å². The lowest BCUT2D eigenvalue weighted by Crippen LogP contribution is -2.26. The van der Waals surface area contributed by atoms with Crippen molar-refractivity contribution < 1.29 is 23.9 Å². The lowest BCUT2D eigenvalue weighted by Gasteiger charge is -2.19. The molecule has 0 fully saturated rings. The van der Waals surface area contributed by atoms with Crippen molar-refractivity contribution in [2.75, 3.05) is 18.2 Å². The summed E-state index contributed by atoms with van der Waals surface area (Å²) in [5.74, 6) is -0.771. The van der Waals surface area contributed by atoms with Crippen LogP contribution in [0.2, 0.25) is 0 Å². The van der Waals surface area contributed by atoms with Crippen molar-refractivity contribution in [3.63, 3.8) is 0 Å². The van der Waals surface area contributed by atoms with Crippen LogP contribution in [0.25, 0.3) is 0 Å². The Hall–Kier alpha value is -3.58. The molecule has 3 rings (SSSR count). The van der Waals surface area contributed by atoms with Gasteiger partial charge in [-0.2, -0.15) is 0 Å². The van der Waals surface area contributed by atoms with Gasteiger partial charge in [-0.1, -0.05) is 54.6 Å². The zero-order valence-electron chi connectivity index (χ0n) is 19.2. The maximum atomic E-state index is 13.1. The van der Waals surface area contributed by atoms with Gasteiger partial charge in [0.1, 0.15) is 5.75 Å². The average molecular weight is 478 g/mol. The van der Waals surface area contributed by atoms with E-state index >= 15 is 0 Å². The summed E-state index contributed by atoms with van der Waals surface area (Å²) in [5.41, 5.74) is 1.55. The molecule has 0 aliphatic carbocycles. The summed E-state index contributed by atoms with van der Waals surface area (Å²) in [6, 6.07) is 23.0. The SMILES string of the molecule is CCOc1ccccc1NC(=O)C(OC(=O)CCC(=O)c1ccc(SC)cc1)c1ccccc1. The van der Waals surface area contributed by atoms with E-state index in [1.807, 2.05) is 31.4 Å². The molecule has 0 bridgehead atoms. The molecule has 0 aliphatic heterocycles. The number of esters is 1. The fraction of sp³-hybridized carbons (Fsp3) is 0.222. The second kappa shape index (κ2) is 12.6. The number of benzene rings is 3. The molecular formula is C27H27NO5S. The highest BCUT2D eigenvalue weighted by Gasteiger charge is 2.26. The number of amides is 1. The monoisotopic (exact) mass is 477 g/mol. The number of nitrogens with one attached hydrogen (secondary N) is 1. The lowest BCUT2D eigenvalue weighted by molar-refractivity contribution is -0.154. The topological polar surface area (TPSA) is 81.7 Å². The number of anilines is 1. The van der Waals surface area contributed by atoms with E-state index in [1.165, 1.54) is 0 Å². The van der Waals surface area contributed by atoms with Crippen LogP contribution in [-0.2, 0) is 14.3 Å². The zero-order valence-corrected chi connectivity index (χ0v) is 20.0. The van der Waals surface area contributed by atoms with Crippen LogP contribution in [0.1, 0.15) is 41.8 Å².